The molecule has 0 unspecified atom stereocenters. The lowest BCUT2D eigenvalue weighted by Gasteiger charge is -2.11. The summed E-state index contributed by atoms with van der Waals surface area (Å²) in [6, 6.07) is 17.0. The lowest BCUT2D eigenvalue weighted by molar-refractivity contribution is -0.384. The number of thioether (sulfide) groups is 1. The van der Waals surface area contributed by atoms with E-state index >= 15 is 0 Å². The maximum atomic E-state index is 12.7. The van der Waals surface area contributed by atoms with Crippen LogP contribution in [0.5, 0.6) is 11.5 Å². The highest BCUT2D eigenvalue weighted by molar-refractivity contribution is 7.99. The maximum Gasteiger partial charge on any atom is 0.269 e. The third kappa shape index (κ3) is 4.81. The molecule has 1 N–H and O–H groups in total. The highest BCUT2D eigenvalue weighted by atomic mass is 32.2. The van der Waals surface area contributed by atoms with Crippen LogP contribution in [0.15, 0.2) is 65.8 Å². The summed E-state index contributed by atoms with van der Waals surface area (Å²) in [4.78, 5) is 32.8. The van der Waals surface area contributed by atoms with Crippen molar-refractivity contribution < 1.29 is 19.2 Å². The highest BCUT2D eigenvalue weighted by Gasteiger charge is 2.19. The number of benzene rings is 3. The summed E-state index contributed by atoms with van der Waals surface area (Å²) in [5.41, 5.74) is 3.35. The molecule has 12 heteroatoms. The molecule has 0 fully saturated rings. The first kappa shape index (κ1) is 25.0. The lowest BCUT2D eigenvalue weighted by atomic mass is 10.2. The molecule has 5 aromatic rings. The molecule has 11 nitrogen and oxygen atoms in total. The van der Waals surface area contributed by atoms with Crippen molar-refractivity contribution in [2.45, 2.75) is 12.1 Å². The quantitative estimate of drug-likeness (QED) is 0.129. The van der Waals surface area contributed by atoms with Crippen molar-refractivity contribution in [2.75, 3.05) is 25.3 Å². The van der Waals surface area contributed by atoms with E-state index in [1.165, 1.54) is 38.1 Å². The molecule has 0 radical (unpaired) electrons. The van der Waals surface area contributed by atoms with E-state index in [4.69, 9.17) is 19.4 Å². The summed E-state index contributed by atoms with van der Waals surface area (Å²) in [6.07, 6.45) is 0. The molecule has 0 bridgehead atoms. The molecular formula is C26H22N6O5S. The van der Waals surface area contributed by atoms with Gasteiger partial charge in [0.1, 0.15) is 0 Å². The monoisotopic (exact) mass is 530 g/mol. The SMILES string of the molecule is COc1cc2nc(SCC(=O)Nc3ccccc3C)n3nc(-c4ccc([N+](=O)[O-])cc4)nc3c2cc1OC. The average molecular weight is 531 g/mol. The van der Waals surface area contributed by atoms with Gasteiger partial charge in [0.25, 0.3) is 5.69 Å². The molecule has 0 aliphatic carbocycles. The number of rotatable bonds is 8. The van der Waals surface area contributed by atoms with E-state index in [0.29, 0.717) is 44.6 Å². The number of carbonyl (C=O) groups is 1. The van der Waals surface area contributed by atoms with Crippen molar-refractivity contribution in [3.05, 3.63) is 76.3 Å². The molecule has 0 aliphatic heterocycles. The zero-order chi connectivity index (χ0) is 26.8. The summed E-state index contributed by atoms with van der Waals surface area (Å²) in [6.45, 7) is 1.92. The van der Waals surface area contributed by atoms with Gasteiger partial charge in [-0.2, -0.15) is 4.52 Å². The van der Waals surface area contributed by atoms with Crippen LogP contribution in [0.2, 0.25) is 0 Å². The summed E-state index contributed by atoms with van der Waals surface area (Å²) >= 11 is 1.21. The summed E-state index contributed by atoms with van der Waals surface area (Å²) in [5, 5.41) is 19.7. The number of aryl methyl sites for hydroxylation is 1. The topological polar surface area (TPSA) is 134 Å². The number of hydrogen-bond donors (Lipinski definition) is 1. The number of nitro groups is 1. The van der Waals surface area contributed by atoms with Crippen molar-refractivity contribution in [1.82, 2.24) is 19.6 Å². The number of hydrogen-bond acceptors (Lipinski definition) is 9. The van der Waals surface area contributed by atoms with E-state index in [0.717, 1.165) is 11.3 Å². The lowest BCUT2D eigenvalue weighted by Crippen LogP contribution is -2.15. The van der Waals surface area contributed by atoms with Gasteiger partial charge in [0.05, 0.1) is 30.4 Å². The number of aromatic nitrogens is 4. The van der Waals surface area contributed by atoms with Crippen molar-refractivity contribution in [3.63, 3.8) is 0 Å². The van der Waals surface area contributed by atoms with Gasteiger partial charge in [0, 0.05) is 34.8 Å². The molecule has 1 amide bonds. The molecule has 2 aromatic heterocycles. The number of carbonyl (C=O) groups excluding carboxylic acids is 1. The van der Waals surface area contributed by atoms with E-state index in [1.54, 1.807) is 28.8 Å². The first-order chi connectivity index (χ1) is 18.4. The number of non-ortho nitro benzene ring substituents is 1. The Morgan fingerprint density at radius 1 is 1.05 bits per heavy atom. The Morgan fingerprint density at radius 3 is 2.45 bits per heavy atom. The minimum Gasteiger partial charge on any atom is -0.493 e. The van der Waals surface area contributed by atoms with Gasteiger partial charge in [0.2, 0.25) is 5.91 Å². The molecule has 0 atom stereocenters. The smallest absolute Gasteiger partial charge is 0.269 e. The summed E-state index contributed by atoms with van der Waals surface area (Å²) in [5.74, 6) is 1.25. The van der Waals surface area contributed by atoms with Gasteiger partial charge in [-0.3, -0.25) is 14.9 Å². The van der Waals surface area contributed by atoms with E-state index in [9.17, 15) is 14.9 Å². The largest absolute Gasteiger partial charge is 0.493 e. The van der Waals surface area contributed by atoms with Gasteiger partial charge in [-0.25, -0.2) is 9.97 Å². The van der Waals surface area contributed by atoms with Crippen molar-refractivity contribution in [1.29, 1.82) is 0 Å². The summed E-state index contributed by atoms with van der Waals surface area (Å²) < 4.78 is 12.5. The van der Waals surface area contributed by atoms with Crippen LogP contribution in [0.25, 0.3) is 27.9 Å². The number of fused-ring (bicyclic) bond motifs is 3. The molecule has 192 valence electrons. The highest BCUT2D eigenvalue weighted by Crippen LogP contribution is 2.35. The van der Waals surface area contributed by atoms with E-state index < -0.39 is 4.92 Å². The normalized spacial score (nSPS) is 11.0. The molecule has 2 heterocycles. The van der Waals surface area contributed by atoms with Crippen molar-refractivity contribution in [3.8, 4) is 22.9 Å². The Kier molecular flexibility index (Phi) is 6.79. The molecule has 3 aromatic carbocycles. The van der Waals surface area contributed by atoms with Gasteiger partial charge < -0.3 is 14.8 Å². The summed E-state index contributed by atoms with van der Waals surface area (Å²) in [7, 11) is 3.08. The fourth-order valence-electron chi connectivity index (χ4n) is 3.89. The Bertz CT molecular complexity index is 1690. The minimum absolute atomic E-state index is 0.0302. The maximum absolute atomic E-state index is 12.7. The fourth-order valence-corrected chi connectivity index (χ4v) is 4.63. The Hall–Kier alpha value is -4.71. The molecule has 0 spiro atoms. The number of nitrogens with zero attached hydrogens (tertiary/aromatic N) is 5. The van der Waals surface area contributed by atoms with Crippen LogP contribution in [0.4, 0.5) is 11.4 Å². The molecule has 5 rings (SSSR count). The fraction of sp³-hybridized carbons (Fsp3) is 0.154. The zero-order valence-corrected chi connectivity index (χ0v) is 21.5. The van der Waals surface area contributed by atoms with Gasteiger partial charge in [-0.05, 0) is 36.8 Å². The molecular weight excluding hydrogens is 508 g/mol. The number of methoxy groups -OCH3 is 2. The number of para-hydroxylation sites is 1. The number of amides is 1. The molecule has 0 saturated carbocycles. The Balaban J connectivity index is 1.56. The van der Waals surface area contributed by atoms with Gasteiger partial charge in [-0.15, -0.1) is 5.10 Å². The number of nitrogens with one attached hydrogen (secondary N) is 1. The van der Waals surface area contributed by atoms with Crippen molar-refractivity contribution >= 4 is 45.6 Å². The Labute approximate surface area is 221 Å². The van der Waals surface area contributed by atoms with Crippen LogP contribution in [-0.2, 0) is 4.79 Å². The number of nitro benzene ring substituents is 1. The molecule has 0 aliphatic rings. The first-order valence-electron chi connectivity index (χ1n) is 11.4. The van der Waals surface area contributed by atoms with E-state index in [1.807, 2.05) is 31.2 Å². The number of anilines is 1. The molecule has 38 heavy (non-hydrogen) atoms. The average Bonchev–Trinajstić information content (AvgIpc) is 3.38. The minimum atomic E-state index is -0.464. The second kappa shape index (κ2) is 10.3. The second-order valence-corrected chi connectivity index (χ2v) is 9.19. The van der Waals surface area contributed by atoms with Gasteiger partial charge >= 0.3 is 0 Å². The van der Waals surface area contributed by atoms with Crippen LogP contribution in [0.3, 0.4) is 0 Å². The van der Waals surface area contributed by atoms with Crippen LogP contribution in [-0.4, -0.2) is 50.4 Å². The van der Waals surface area contributed by atoms with Crippen LogP contribution in [0, 0.1) is 17.0 Å². The van der Waals surface area contributed by atoms with Gasteiger partial charge in [0.15, 0.2) is 28.1 Å². The van der Waals surface area contributed by atoms with Crippen LogP contribution < -0.4 is 14.8 Å². The third-order valence-corrected chi connectivity index (χ3v) is 6.76. The molecule has 0 saturated heterocycles. The van der Waals surface area contributed by atoms with Crippen LogP contribution >= 0.6 is 11.8 Å². The predicted molar refractivity (Wildman–Crippen MR) is 144 cm³/mol. The van der Waals surface area contributed by atoms with Crippen molar-refractivity contribution in [2.24, 2.45) is 0 Å². The van der Waals surface area contributed by atoms with Crippen LogP contribution in [0.1, 0.15) is 5.56 Å². The number of ether oxygens (including phenoxy) is 2. The van der Waals surface area contributed by atoms with E-state index in [-0.39, 0.29) is 17.3 Å². The third-order valence-electron chi connectivity index (χ3n) is 5.84. The first-order valence-corrected chi connectivity index (χ1v) is 12.4. The second-order valence-electron chi connectivity index (χ2n) is 8.25. The zero-order valence-electron chi connectivity index (χ0n) is 20.7. The van der Waals surface area contributed by atoms with E-state index in [2.05, 4.69) is 10.4 Å². The predicted octanol–water partition coefficient (Wildman–Crippen LogP) is 4.91. The standard InChI is InChI=1S/C26H22N6O5S/c1-15-6-4-5-7-19(15)27-23(33)14-38-26-28-20-13-22(37-3)21(36-2)12-18(20)25-29-24(30-31(25)26)16-8-10-17(11-9-16)32(34)35/h4-13H,14H2,1-3H3,(H,27,33). The van der Waals surface area contributed by atoms with Gasteiger partial charge in [-0.1, -0.05) is 30.0 Å². The Morgan fingerprint density at radius 2 is 1.76 bits per heavy atom.